The molecule has 0 saturated carbocycles. The molecule has 1 aromatic carbocycles. The van der Waals surface area contributed by atoms with E-state index in [2.05, 4.69) is 45.1 Å². The van der Waals surface area contributed by atoms with Crippen LogP contribution in [0.3, 0.4) is 0 Å². The Morgan fingerprint density at radius 1 is 1.13 bits per heavy atom. The number of ether oxygens (including phenoxy) is 1. The molecule has 0 bridgehead atoms. The smallest absolute Gasteiger partial charge is 0.275 e. The van der Waals surface area contributed by atoms with Gasteiger partial charge in [-0.3, -0.25) is 14.6 Å². The van der Waals surface area contributed by atoms with Crippen LogP contribution < -0.4 is 0 Å². The highest BCUT2D eigenvalue weighted by atomic mass is 16.5. The third-order valence-electron chi connectivity index (χ3n) is 5.96. The average Bonchev–Trinajstić information content (AvgIpc) is 3.46. The van der Waals surface area contributed by atoms with E-state index in [0.717, 1.165) is 52.2 Å². The Morgan fingerprint density at radius 2 is 1.87 bits per heavy atom. The topological polar surface area (TPSA) is 62.1 Å². The lowest BCUT2D eigenvalue weighted by atomic mass is 10.2. The maximum atomic E-state index is 12.8. The lowest BCUT2D eigenvalue weighted by molar-refractivity contribution is 0.0534. The van der Waals surface area contributed by atoms with Gasteiger partial charge in [0.25, 0.3) is 5.91 Å². The normalized spacial score (nSPS) is 20.5. The summed E-state index contributed by atoms with van der Waals surface area (Å²) in [5, 5.41) is 0. The summed E-state index contributed by atoms with van der Waals surface area (Å²) in [6, 6.07) is 10.6. The van der Waals surface area contributed by atoms with Crippen LogP contribution >= 0.6 is 0 Å². The number of piperazine rings is 1. The van der Waals surface area contributed by atoms with Crippen LogP contribution in [0.4, 0.5) is 0 Å². The zero-order valence-electron chi connectivity index (χ0n) is 17.8. The maximum absolute atomic E-state index is 12.8. The number of nitrogens with zero attached hydrogens (tertiary/aromatic N) is 4. The molecule has 3 heterocycles. The fourth-order valence-electron chi connectivity index (χ4n) is 4.17. The van der Waals surface area contributed by atoms with Gasteiger partial charge < -0.3 is 14.1 Å². The van der Waals surface area contributed by atoms with E-state index in [9.17, 15) is 4.79 Å². The van der Waals surface area contributed by atoms with Crippen molar-refractivity contribution < 1.29 is 13.9 Å². The molecule has 2 fully saturated rings. The van der Waals surface area contributed by atoms with Crippen molar-refractivity contribution in [2.24, 2.45) is 0 Å². The first-order valence-corrected chi connectivity index (χ1v) is 11.0. The highest BCUT2D eigenvalue weighted by Gasteiger charge is 2.25. The van der Waals surface area contributed by atoms with E-state index in [1.165, 1.54) is 11.8 Å². The maximum Gasteiger partial charge on any atom is 0.275 e. The number of carbonyl (C=O) groups excluding carboxylic acids is 1. The van der Waals surface area contributed by atoms with Gasteiger partial charge >= 0.3 is 0 Å². The number of hydrogen-bond donors (Lipinski definition) is 0. The summed E-state index contributed by atoms with van der Waals surface area (Å²) in [7, 11) is 0. The zero-order chi connectivity index (χ0) is 20.8. The molecule has 4 rings (SSSR count). The van der Waals surface area contributed by atoms with Gasteiger partial charge in [-0.25, -0.2) is 4.98 Å². The Hall–Kier alpha value is -2.22. The van der Waals surface area contributed by atoms with Crippen molar-refractivity contribution in [1.82, 2.24) is 19.7 Å². The van der Waals surface area contributed by atoms with Crippen LogP contribution in [0, 0.1) is 0 Å². The van der Waals surface area contributed by atoms with E-state index in [1.807, 2.05) is 6.92 Å². The van der Waals surface area contributed by atoms with Crippen molar-refractivity contribution >= 4 is 5.91 Å². The summed E-state index contributed by atoms with van der Waals surface area (Å²) in [5.74, 6) is 0.540. The first-order valence-electron chi connectivity index (χ1n) is 11.0. The van der Waals surface area contributed by atoms with Crippen LogP contribution in [-0.4, -0.2) is 77.6 Å². The van der Waals surface area contributed by atoms with E-state index in [-0.39, 0.29) is 12.0 Å². The minimum absolute atomic E-state index is 0.0734. The molecule has 2 aliphatic heterocycles. The van der Waals surface area contributed by atoms with Gasteiger partial charge in [-0.2, -0.15) is 0 Å². The third-order valence-corrected chi connectivity index (χ3v) is 5.96. The predicted molar refractivity (Wildman–Crippen MR) is 114 cm³/mol. The molecule has 7 heteroatoms. The molecular formula is C23H32N4O3. The minimum Gasteiger partial charge on any atom is -0.447 e. The molecule has 1 amide bonds. The number of benzene rings is 1. The molecule has 0 radical (unpaired) electrons. The molecule has 2 aliphatic rings. The summed E-state index contributed by atoms with van der Waals surface area (Å²) in [4.78, 5) is 23.9. The standard InChI is InChI=1S/C23H32N4O3/c1-2-27(16-20-9-6-14-29-20)23(28)21-18-30-22(24-21)17-26-12-10-25(11-13-26)15-19-7-4-3-5-8-19/h3-5,7-8,18,20H,2,6,9-17H2,1H3. The van der Waals surface area contributed by atoms with Crippen LogP contribution in [0.5, 0.6) is 0 Å². The fourth-order valence-corrected chi connectivity index (χ4v) is 4.17. The molecule has 30 heavy (non-hydrogen) atoms. The summed E-state index contributed by atoms with van der Waals surface area (Å²) < 4.78 is 11.3. The number of carbonyl (C=O) groups is 1. The molecule has 0 spiro atoms. The highest BCUT2D eigenvalue weighted by Crippen LogP contribution is 2.16. The molecule has 2 saturated heterocycles. The molecule has 1 atom stereocenters. The Bertz CT molecular complexity index is 796. The van der Waals surface area contributed by atoms with E-state index in [4.69, 9.17) is 9.15 Å². The first kappa shape index (κ1) is 21.0. The van der Waals surface area contributed by atoms with E-state index < -0.39 is 0 Å². The lowest BCUT2D eigenvalue weighted by Crippen LogP contribution is -2.45. The van der Waals surface area contributed by atoms with Crippen molar-refractivity contribution in [3.8, 4) is 0 Å². The molecular weight excluding hydrogens is 380 g/mol. The Morgan fingerprint density at radius 3 is 2.53 bits per heavy atom. The molecule has 1 aromatic heterocycles. The molecule has 0 aliphatic carbocycles. The highest BCUT2D eigenvalue weighted by molar-refractivity contribution is 5.92. The average molecular weight is 413 g/mol. The molecule has 7 nitrogen and oxygen atoms in total. The minimum atomic E-state index is -0.0734. The Kier molecular flexibility index (Phi) is 7.15. The van der Waals surface area contributed by atoms with Crippen LogP contribution in [0.1, 0.15) is 41.7 Å². The molecule has 162 valence electrons. The Balaban J connectivity index is 1.25. The molecule has 2 aromatic rings. The summed E-state index contributed by atoms with van der Waals surface area (Å²) in [5.41, 5.74) is 1.75. The van der Waals surface area contributed by atoms with Gasteiger partial charge in [-0.05, 0) is 25.3 Å². The number of amides is 1. The summed E-state index contributed by atoms with van der Waals surface area (Å²) >= 11 is 0. The van der Waals surface area contributed by atoms with Gasteiger partial charge in [0.2, 0.25) is 5.89 Å². The van der Waals surface area contributed by atoms with Crippen molar-refractivity contribution in [2.45, 2.75) is 39.0 Å². The van der Waals surface area contributed by atoms with E-state index >= 15 is 0 Å². The van der Waals surface area contributed by atoms with Gasteiger partial charge in [-0.15, -0.1) is 0 Å². The second kappa shape index (κ2) is 10.2. The van der Waals surface area contributed by atoms with Gasteiger partial charge in [0.05, 0.1) is 12.6 Å². The number of oxazole rings is 1. The number of hydrogen-bond acceptors (Lipinski definition) is 6. The summed E-state index contributed by atoms with van der Waals surface area (Å²) in [6.07, 6.45) is 3.74. The summed E-state index contributed by atoms with van der Waals surface area (Å²) in [6.45, 7) is 9.67. The lowest BCUT2D eigenvalue weighted by Gasteiger charge is -2.34. The van der Waals surface area contributed by atoms with E-state index in [1.54, 1.807) is 4.90 Å². The van der Waals surface area contributed by atoms with Gasteiger partial charge in [0.1, 0.15) is 6.26 Å². The van der Waals surface area contributed by atoms with Crippen molar-refractivity contribution in [3.63, 3.8) is 0 Å². The predicted octanol–water partition coefficient (Wildman–Crippen LogP) is 2.63. The zero-order valence-corrected chi connectivity index (χ0v) is 17.8. The third kappa shape index (κ3) is 5.47. The SMILES string of the molecule is CCN(CC1CCCO1)C(=O)c1coc(CN2CCN(Cc3ccccc3)CC2)n1. The number of rotatable bonds is 8. The van der Waals surface area contributed by atoms with Crippen molar-refractivity contribution in [1.29, 1.82) is 0 Å². The van der Waals surface area contributed by atoms with Crippen LogP contribution in [0.15, 0.2) is 41.0 Å². The Labute approximate surface area is 178 Å². The second-order valence-corrected chi connectivity index (χ2v) is 8.14. The van der Waals surface area contributed by atoms with Gasteiger partial charge in [-0.1, -0.05) is 30.3 Å². The van der Waals surface area contributed by atoms with Crippen molar-refractivity contribution in [2.75, 3.05) is 45.9 Å². The first-order chi connectivity index (χ1) is 14.7. The molecule has 0 N–H and O–H groups in total. The fraction of sp³-hybridized carbons (Fsp3) is 0.565. The van der Waals surface area contributed by atoms with Crippen LogP contribution in [0.2, 0.25) is 0 Å². The van der Waals surface area contributed by atoms with Crippen LogP contribution in [-0.2, 0) is 17.8 Å². The molecule has 1 unspecified atom stereocenters. The van der Waals surface area contributed by atoms with Crippen molar-refractivity contribution in [3.05, 3.63) is 53.7 Å². The quantitative estimate of drug-likeness (QED) is 0.664. The monoisotopic (exact) mass is 412 g/mol. The number of likely N-dealkylation sites (N-methyl/N-ethyl adjacent to an activating group) is 1. The van der Waals surface area contributed by atoms with Gasteiger partial charge in [0, 0.05) is 52.4 Å². The van der Waals surface area contributed by atoms with Gasteiger partial charge in [0.15, 0.2) is 5.69 Å². The van der Waals surface area contributed by atoms with Crippen LogP contribution in [0.25, 0.3) is 0 Å². The van der Waals surface area contributed by atoms with E-state index in [0.29, 0.717) is 31.2 Å². The largest absolute Gasteiger partial charge is 0.447 e. The number of aromatic nitrogens is 1. The second-order valence-electron chi connectivity index (χ2n) is 8.14.